The minimum Gasteiger partial charge on any atom is -0.330 e. The van der Waals surface area contributed by atoms with Crippen LogP contribution in [-0.2, 0) is 13.6 Å². The summed E-state index contributed by atoms with van der Waals surface area (Å²) < 4.78 is 1.73. The molecule has 0 fully saturated rings. The lowest BCUT2D eigenvalue weighted by atomic mass is 10.3. The third-order valence-corrected chi connectivity index (χ3v) is 2.16. The quantitative estimate of drug-likeness (QED) is 0.696. The van der Waals surface area contributed by atoms with Gasteiger partial charge in [0.2, 0.25) is 0 Å². The molecule has 0 unspecified atom stereocenters. The molecule has 0 bridgehead atoms. The maximum Gasteiger partial charge on any atom is 0.0966 e. The van der Waals surface area contributed by atoms with Gasteiger partial charge in [0.1, 0.15) is 0 Å². The summed E-state index contributed by atoms with van der Waals surface area (Å²) in [5, 5.41) is 7.95. The summed E-state index contributed by atoms with van der Waals surface area (Å²) in [5.41, 5.74) is 6.49. The second-order valence-electron chi connectivity index (χ2n) is 3.39. The number of aromatic nitrogens is 3. The summed E-state index contributed by atoms with van der Waals surface area (Å²) >= 11 is 0. The molecule has 0 aromatic carbocycles. The molecule has 1 aromatic rings. The van der Waals surface area contributed by atoms with Gasteiger partial charge in [0, 0.05) is 19.8 Å². The number of nitrogens with zero attached hydrogens (tertiary/aromatic N) is 4. The van der Waals surface area contributed by atoms with Gasteiger partial charge in [0.05, 0.1) is 5.69 Å². The van der Waals surface area contributed by atoms with Gasteiger partial charge < -0.3 is 5.73 Å². The zero-order valence-corrected chi connectivity index (χ0v) is 8.98. The first-order valence-corrected chi connectivity index (χ1v) is 5.04. The molecular weight excluding hydrogens is 178 g/mol. The van der Waals surface area contributed by atoms with Crippen molar-refractivity contribution in [1.29, 1.82) is 0 Å². The van der Waals surface area contributed by atoms with Crippen molar-refractivity contribution in [2.24, 2.45) is 12.8 Å². The highest BCUT2D eigenvalue weighted by Crippen LogP contribution is 2.00. The molecule has 0 aliphatic carbocycles. The van der Waals surface area contributed by atoms with E-state index in [-0.39, 0.29) is 0 Å². The molecule has 5 nitrogen and oxygen atoms in total. The normalized spacial score (nSPS) is 11.1. The highest BCUT2D eigenvalue weighted by atomic mass is 15.4. The van der Waals surface area contributed by atoms with Gasteiger partial charge in [-0.3, -0.25) is 9.58 Å². The summed E-state index contributed by atoms with van der Waals surface area (Å²) in [6, 6.07) is 0. The van der Waals surface area contributed by atoms with Crippen LogP contribution >= 0.6 is 0 Å². The van der Waals surface area contributed by atoms with Gasteiger partial charge in [0.25, 0.3) is 0 Å². The fourth-order valence-corrected chi connectivity index (χ4v) is 1.36. The topological polar surface area (TPSA) is 60.0 Å². The first-order valence-electron chi connectivity index (χ1n) is 5.04. The van der Waals surface area contributed by atoms with E-state index in [0.717, 1.165) is 38.3 Å². The van der Waals surface area contributed by atoms with E-state index in [0.29, 0.717) is 0 Å². The smallest absolute Gasteiger partial charge is 0.0966 e. The lowest BCUT2D eigenvalue weighted by molar-refractivity contribution is 0.274. The second kappa shape index (κ2) is 5.72. The highest BCUT2D eigenvalue weighted by molar-refractivity contribution is 4.91. The Balaban J connectivity index is 2.40. The zero-order valence-electron chi connectivity index (χ0n) is 8.98. The Morgan fingerprint density at radius 1 is 1.57 bits per heavy atom. The molecule has 14 heavy (non-hydrogen) atoms. The maximum absolute atomic E-state index is 5.47. The molecule has 0 radical (unpaired) electrons. The molecular formula is C9H19N5. The fourth-order valence-electron chi connectivity index (χ4n) is 1.36. The molecule has 1 rings (SSSR count). The van der Waals surface area contributed by atoms with Gasteiger partial charge >= 0.3 is 0 Å². The minimum atomic E-state index is 0.747. The molecule has 0 atom stereocenters. The molecule has 0 amide bonds. The summed E-state index contributed by atoms with van der Waals surface area (Å²) in [4.78, 5) is 2.32. The molecule has 0 saturated heterocycles. The van der Waals surface area contributed by atoms with Crippen molar-refractivity contribution in [3.8, 4) is 0 Å². The van der Waals surface area contributed by atoms with E-state index < -0.39 is 0 Å². The Bertz CT molecular complexity index is 257. The molecule has 5 heteroatoms. The molecule has 2 N–H and O–H groups in total. The van der Waals surface area contributed by atoms with Crippen LogP contribution in [0.15, 0.2) is 6.20 Å². The molecule has 0 aliphatic rings. The van der Waals surface area contributed by atoms with Crippen molar-refractivity contribution in [3.05, 3.63) is 11.9 Å². The van der Waals surface area contributed by atoms with E-state index >= 15 is 0 Å². The first-order chi connectivity index (χ1) is 6.76. The largest absolute Gasteiger partial charge is 0.330 e. The van der Waals surface area contributed by atoms with E-state index in [2.05, 4.69) is 22.1 Å². The summed E-state index contributed by atoms with van der Waals surface area (Å²) in [5.74, 6) is 0. The molecule has 0 saturated carbocycles. The predicted octanol–water partition coefficient (Wildman–Crippen LogP) is -0.0142. The predicted molar refractivity (Wildman–Crippen MR) is 55.6 cm³/mol. The summed E-state index contributed by atoms with van der Waals surface area (Å²) in [7, 11) is 1.88. The number of hydrogen-bond acceptors (Lipinski definition) is 4. The Kier molecular flexibility index (Phi) is 4.55. The Morgan fingerprint density at radius 2 is 2.36 bits per heavy atom. The van der Waals surface area contributed by atoms with Gasteiger partial charge in [-0.15, -0.1) is 5.10 Å². The average molecular weight is 197 g/mol. The highest BCUT2D eigenvalue weighted by Gasteiger charge is 2.05. The van der Waals surface area contributed by atoms with Crippen molar-refractivity contribution in [2.75, 3.05) is 19.6 Å². The van der Waals surface area contributed by atoms with Gasteiger partial charge in [-0.05, 0) is 26.1 Å². The SMILES string of the molecule is CCN(CCCN)Cc1cn(C)nn1. The van der Waals surface area contributed by atoms with Gasteiger partial charge in [-0.2, -0.15) is 0 Å². The van der Waals surface area contributed by atoms with E-state index in [1.165, 1.54) is 0 Å². The van der Waals surface area contributed by atoms with Crippen molar-refractivity contribution in [3.63, 3.8) is 0 Å². The molecule has 0 spiro atoms. The van der Waals surface area contributed by atoms with Crippen molar-refractivity contribution in [1.82, 2.24) is 19.9 Å². The monoisotopic (exact) mass is 197 g/mol. The van der Waals surface area contributed by atoms with E-state index in [4.69, 9.17) is 5.73 Å². The lowest BCUT2D eigenvalue weighted by Gasteiger charge is -2.17. The van der Waals surface area contributed by atoms with Crippen LogP contribution in [-0.4, -0.2) is 39.5 Å². The standard InChI is InChI=1S/C9H19N5/c1-3-14(6-4-5-10)8-9-7-13(2)12-11-9/h7H,3-6,8,10H2,1-2H3. The lowest BCUT2D eigenvalue weighted by Crippen LogP contribution is -2.25. The van der Waals surface area contributed by atoms with Crippen LogP contribution in [0, 0.1) is 0 Å². The average Bonchev–Trinajstić information content (AvgIpc) is 2.58. The van der Waals surface area contributed by atoms with Gasteiger partial charge in [-0.25, -0.2) is 0 Å². The zero-order chi connectivity index (χ0) is 10.4. The molecule has 1 aromatic heterocycles. The van der Waals surface area contributed by atoms with E-state index in [9.17, 15) is 0 Å². The number of hydrogen-bond donors (Lipinski definition) is 1. The van der Waals surface area contributed by atoms with Crippen molar-refractivity contribution >= 4 is 0 Å². The summed E-state index contributed by atoms with van der Waals surface area (Å²) in [6.07, 6.45) is 2.99. The number of rotatable bonds is 6. The van der Waals surface area contributed by atoms with E-state index in [1.54, 1.807) is 4.68 Å². The maximum atomic E-state index is 5.47. The number of nitrogens with two attached hydrogens (primary N) is 1. The van der Waals surface area contributed by atoms with Crippen LogP contribution in [0.1, 0.15) is 19.0 Å². The van der Waals surface area contributed by atoms with Crippen LogP contribution in [0.25, 0.3) is 0 Å². The second-order valence-corrected chi connectivity index (χ2v) is 3.39. The molecule has 0 aliphatic heterocycles. The molecule has 80 valence electrons. The van der Waals surface area contributed by atoms with Gasteiger partial charge in [-0.1, -0.05) is 12.1 Å². The van der Waals surface area contributed by atoms with Gasteiger partial charge in [0.15, 0.2) is 0 Å². The third kappa shape index (κ3) is 3.43. The Labute approximate surface area is 84.9 Å². The third-order valence-electron chi connectivity index (χ3n) is 2.16. The van der Waals surface area contributed by atoms with Crippen LogP contribution < -0.4 is 5.73 Å². The van der Waals surface area contributed by atoms with Crippen LogP contribution in [0.3, 0.4) is 0 Å². The fraction of sp³-hybridized carbons (Fsp3) is 0.778. The van der Waals surface area contributed by atoms with Crippen LogP contribution in [0.4, 0.5) is 0 Å². The Morgan fingerprint density at radius 3 is 2.86 bits per heavy atom. The van der Waals surface area contributed by atoms with E-state index in [1.807, 2.05) is 13.2 Å². The number of aryl methyl sites for hydroxylation is 1. The van der Waals surface area contributed by atoms with Crippen LogP contribution in [0.2, 0.25) is 0 Å². The summed E-state index contributed by atoms with van der Waals surface area (Å²) in [6.45, 7) is 5.81. The molecule has 1 heterocycles. The Hall–Kier alpha value is -0.940. The van der Waals surface area contributed by atoms with Crippen molar-refractivity contribution < 1.29 is 0 Å². The van der Waals surface area contributed by atoms with Crippen molar-refractivity contribution in [2.45, 2.75) is 19.9 Å². The minimum absolute atomic E-state index is 0.747. The van der Waals surface area contributed by atoms with Crippen LogP contribution in [0.5, 0.6) is 0 Å². The first kappa shape index (κ1) is 11.1.